The molecule has 2 amide bonds. The summed E-state index contributed by atoms with van der Waals surface area (Å²) in [7, 11) is 0. The van der Waals surface area contributed by atoms with Gasteiger partial charge in [-0.15, -0.1) is 0 Å². The van der Waals surface area contributed by atoms with Crippen molar-refractivity contribution in [3.05, 3.63) is 54.0 Å². The number of hydrazone groups is 1. The minimum absolute atomic E-state index is 0.0723. The monoisotopic (exact) mass is 344 g/mol. The summed E-state index contributed by atoms with van der Waals surface area (Å²) in [5.74, 6) is -2.46. The molecule has 0 aliphatic heterocycles. The van der Waals surface area contributed by atoms with E-state index in [9.17, 15) is 19.5 Å². The lowest BCUT2D eigenvalue weighted by Crippen LogP contribution is -2.37. The lowest BCUT2D eigenvalue weighted by atomic mass is 10.2. The van der Waals surface area contributed by atoms with Gasteiger partial charge in [0.1, 0.15) is 18.1 Å². The van der Waals surface area contributed by atoms with Gasteiger partial charge in [0.2, 0.25) is 0 Å². The Kier molecular flexibility index (Phi) is 6.29. The average molecular weight is 344 g/mol. The predicted molar refractivity (Wildman–Crippen MR) is 83.2 cm³/mol. The number of carboxylic acids is 1. The van der Waals surface area contributed by atoms with Gasteiger partial charge in [0.15, 0.2) is 0 Å². The van der Waals surface area contributed by atoms with Crippen LogP contribution in [0.2, 0.25) is 0 Å². The van der Waals surface area contributed by atoms with Crippen molar-refractivity contribution in [2.45, 2.75) is 6.54 Å². The van der Waals surface area contributed by atoms with Gasteiger partial charge in [0.25, 0.3) is 0 Å². The molecule has 1 aromatic heterocycles. The number of carboxylic acid groups (broad SMARTS) is 1. The smallest absolute Gasteiger partial charge is 0.329 e. The van der Waals surface area contributed by atoms with Crippen LogP contribution in [0.1, 0.15) is 11.3 Å². The second-order valence-electron chi connectivity index (χ2n) is 4.66. The first-order valence-corrected chi connectivity index (χ1v) is 7.11. The van der Waals surface area contributed by atoms with Crippen molar-refractivity contribution in [3.8, 4) is 5.75 Å². The highest BCUT2D eigenvalue weighted by atomic mass is 16.5. The van der Waals surface area contributed by atoms with E-state index in [1.54, 1.807) is 30.3 Å². The lowest BCUT2D eigenvalue weighted by molar-refractivity contribution is -0.307. The first kappa shape index (κ1) is 17.7. The van der Waals surface area contributed by atoms with E-state index < -0.39 is 24.4 Å². The Morgan fingerprint density at radius 1 is 1.16 bits per heavy atom. The summed E-state index contributed by atoms with van der Waals surface area (Å²) in [6, 6.07) is 9.75. The van der Waals surface area contributed by atoms with E-state index in [1.165, 1.54) is 18.5 Å². The maximum atomic E-state index is 11.6. The fraction of sp³-hybridized carbons (Fsp3) is 0.125. The normalized spacial score (nSPS) is 10.4. The largest absolute Gasteiger partial charge is 0.546 e. The number of carbonyl (C=O) groups excluding carboxylic acids is 3. The summed E-state index contributed by atoms with van der Waals surface area (Å²) in [5, 5.41) is 16.4. The van der Waals surface area contributed by atoms with Crippen LogP contribution >= 0.6 is 0 Å². The number of hydrogen-bond donors (Lipinski definition) is 2. The zero-order valence-electron chi connectivity index (χ0n) is 12.9. The van der Waals surface area contributed by atoms with Crippen LogP contribution < -0.4 is 20.6 Å². The number of para-hydroxylation sites is 1. The molecule has 1 heterocycles. The number of ether oxygens (including phenoxy) is 1. The highest BCUT2D eigenvalue weighted by Crippen LogP contribution is 2.15. The van der Waals surface area contributed by atoms with E-state index in [4.69, 9.17) is 9.15 Å². The molecule has 0 unspecified atom stereocenters. The zero-order valence-corrected chi connectivity index (χ0v) is 12.9. The summed E-state index contributed by atoms with van der Waals surface area (Å²) >= 11 is 0. The molecule has 130 valence electrons. The molecule has 0 aliphatic carbocycles. The zero-order chi connectivity index (χ0) is 18.1. The molecule has 0 saturated carbocycles. The highest BCUT2D eigenvalue weighted by molar-refractivity contribution is 6.35. The summed E-state index contributed by atoms with van der Waals surface area (Å²) in [5.41, 5.74) is 2.47. The third-order valence-corrected chi connectivity index (χ3v) is 2.84. The first-order chi connectivity index (χ1) is 12.1. The number of carbonyl (C=O) groups is 3. The average Bonchev–Trinajstić information content (AvgIpc) is 3.12. The molecule has 2 rings (SSSR count). The van der Waals surface area contributed by atoms with E-state index in [-0.39, 0.29) is 12.3 Å². The second-order valence-corrected chi connectivity index (χ2v) is 4.66. The molecule has 2 N–H and O–H groups in total. The van der Waals surface area contributed by atoms with Crippen molar-refractivity contribution in [3.63, 3.8) is 0 Å². The maximum Gasteiger partial charge on any atom is 0.329 e. The molecule has 0 atom stereocenters. The number of amides is 2. The number of benzene rings is 1. The molecule has 9 heteroatoms. The summed E-state index contributed by atoms with van der Waals surface area (Å²) in [4.78, 5) is 33.6. The van der Waals surface area contributed by atoms with Crippen LogP contribution in [0.5, 0.6) is 5.75 Å². The quantitative estimate of drug-likeness (QED) is 0.383. The fourth-order valence-electron chi connectivity index (χ4n) is 1.73. The van der Waals surface area contributed by atoms with Crippen molar-refractivity contribution >= 4 is 24.0 Å². The molecule has 25 heavy (non-hydrogen) atoms. The summed E-state index contributed by atoms with van der Waals surface area (Å²) in [6.45, 7) is -0.546. The molecule has 9 nitrogen and oxygen atoms in total. The molecule has 0 bridgehead atoms. The number of aliphatic carboxylic acids is 1. The second kappa shape index (κ2) is 8.87. The van der Waals surface area contributed by atoms with Crippen LogP contribution in [0.25, 0.3) is 0 Å². The molecule has 0 radical (unpaired) electrons. The lowest BCUT2D eigenvalue weighted by Gasteiger charge is -2.09. The third-order valence-electron chi connectivity index (χ3n) is 2.84. The van der Waals surface area contributed by atoms with Crippen molar-refractivity contribution in [2.24, 2.45) is 5.10 Å². The van der Waals surface area contributed by atoms with Gasteiger partial charge in [-0.2, -0.15) is 5.10 Å². The summed E-state index contributed by atoms with van der Waals surface area (Å²) < 4.78 is 10.0. The van der Waals surface area contributed by atoms with E-state index in [0.29, 0.717) is 11.3 Å². The Balaban J connectivity index is 1.86. The van der Waals surface area contributed by atoms with E-state index in [2.05, 4.69) is 15.8 Å². The first-order valence-electron chi connectivity index (χ1n) is 7.11. The number of nitrogens with zero attached hydrogens (tertiary/aromatic N) is 1. The van der Waals surface area contributed by atoms with E-state index in [1.807, 2.05) is 0 Å². The van der Waals surface area contributed by atoms with Gasteiger partial charge in [-0.1, -0.05) is 12.1 Å². The van der Waals surface area contributed by atoms with Gasteiger partial charge in [0.05, 0.1) is 25.0 Å². The minimum Gasteiger partial charge on any atom is -0.546 e. The van der Waals surface area contributed by atoms with E-state index >= 15 is 0 Å². The van der Waals surface area contributed by atoms with Gasteiger partial charge >= 0.3 is 11.8 Å². The molecule has 0 aliphatic rings. The van der Waals surface area contributed by atoms with Crippen LogP contribution in [0, 0.1) is 0 Å². The van der Waals surface area contributed by atoms with Crippen LogP contribution in [0.4, 0.5) is 0 Å². The Morgan fingerprint density at radius 2 is 1.96 bits per heavy atom. The SMILES string of the molecule is O=C([O-])COc1ccccc1/C=N\NC(=O)C(=O)NCc1ccco1. The highest BCUT2D eigenvalue weighted by Gasteiger charge is 2.12. The van der Waals surface area contributed by atoms with Crippen LogP contribution in [0.15, 0.2) is 52.2 Å². The molecule has 0 fully saturated rings. The van der Waals surface area contributed by atoms with Crippen LogP contribution in [-0.4, -0.2) is 30.6 Å². The molecule has 0 saturated heterocycles. The maximum absolute atomic E-state index is 11.6. The van der Waals surface area contributed by atoms with Crippen molar-refractivity contribution in [2.75, 3.05) is 6.61 Å². The molecular weight excluding hydrogens is 330 g/mol. The molecular formula is C16H14N3O6-. The molecule has 0 spiro atoms. The molecule has 1 aromatic carbocycles. The third kappa shape index (κ3) is 5.82. The molecule has 2 aromatic rings. The van der Waals surface area contributed by atoms with Crippen molar-refractivity contribution in [1.29, 1.82) is 0 Å². The fourth-order valence-corrected chi connectivity index (χ4v) is 1.73. The number of hydrogen-bond acceptors (Lipinski definition) is 7. The number of nitrogens with one attached hydrogen (secondary N) is 2. The van der Waals surface area contributed by atoms with Gasteiger partial charge in [-0.3, -0.25) is 9.59 Å². The van der Waals surface area contributed by atoms with E-state index in [0.717, 1.165) is 0 Å². The van der Waals surface area contributed by atoms with Gasteiger partial charge in [-0.05, 0) is 24.3 Å². The Labute approximate surface area is 142 Å². The van der Waals surface area contributed by atoms with Gasteiger partial charge in [-0.25, -0.2) is 5.43 Å². The van der Waals surface area contributed by atoms with Crippen LogP contribution in [-0.2, 0) is 20.9 Å². The minimum atomic E-state index is -1.37. The van der Waals surface area contributed by atoms with Crippen molar-refractivity contribution < 1.29 is 28.6 Å². The van der Waals surface area contributed by atoms with Gasteiger partial charge < -0.3 is 24.4 Å². The number of furan rings is 1. The van der Waals surface area contributed by atoms with Crippen molar-refractivity contribution in [1.82, 2.24) is 10.7 Å². The Bertz CT molecular complexity index is 770. The predicted octanol–water partition coefficient (Wildman–Crippen LogP) is -0.825. The topological polar surface area (TPSA) is 133 Å². The number of rotatable bonds is 7. The Morgan fingerprint density at radius 3 is 2.68 bits per heavy atom. The van der Waals surface area contributed by atoms with Gasteiger partial charge in [0, 0.05) is 5.56 Å². The summed E-state index contributed by atoms with van der Waals surface area (Å²) in [6.07, 6.45) is 2.67. The van der Waals surface area contributed by atoms with Crippen LogP contribution in [0.3, 0.4) is 0 Å². The standard InChI is InChI=1S/C16H15N3O6/c20-14(21)10-25-13-6-2-1-4-11(13)8-18-19-16(23)15(22)17-9-12-5-3-7-24-12/h1-8H,9-10H2,(H,17,22)(H,19,23)(H,20,21)/p-1/b18-8-. The Hall–Kier alpha value is -3.62.